The maximum Gasteiger partial charge on any atom is 0.173 e. The number of thiocarbonyl (C=S) groups is 1. The number of hydrogen-bond donors (Lipinski definition) is 1. The Bertz CT molecular complexity index is 1030. The molecule has 0 spiro atoms. The molecule has 1 fully saturated rings. The van der Waals surface area contributed by atoms with Crippen LogP contribution in [-0.2, 0) is 13.1 Å². The fraction of sp³-hybridized carbons (Fsp3) is 0.273. The van der Waals surface area contributed by atoms with Crippen molar-refractivity contribution >= 4 is 46.2 Å². The second-order valence-corrected chi connectivity index (χ2v) is 8.65. The highest BCUT2D eigenvalue weighted by molar-refractivity contribution is 7.80. The van der Waals surface area contributed by atoms with Gasteiger partial charge in [0.15, 0.2) is 5.11 Å². The van der Waals surface area contributed by atoms with Gasteiger partial charge in [0.2, 0.25) is 0 Å². The zero-order valence-electron chi connectivity index (χ0n) is 16.8. The van der Waals surface area contributed by atoms with Gasteiger partial charge in [0.05, 0.1) is 18.4 Å². The van der Waals surface area contributed by atoms with Gasteiger partial charge in [-0.1, -0.05) is 41.4 Å². The third kappa shape index (κ3) is 5.74. The highest BCUT2D eigenvalue weighted by atomic mass is 35.5. The van der Waals surface area contributed by atoms with Gasteiger partial charge in [0, 0.05) is 54.5 Å². The van der Waals surface area contributed by atoms with Crippen molar-refractivity contribution in [1.82, 2.24) is 19.6 Å². The molecule has 0 atom stereocenters. The van der Waals surface area contributed by atoms with E-state index in [0.717, 1.165) is 49.5 Å². The second-order valence-electron chi connectivity index (χ2n) is 7.45. The summed E-state index contributed by atoms with van der Waals surface area (Å²) in [6, 6.07) is 12.0. The molecule has 1 aliphatic heterocycles. The Labute approximate surface area is 196 Å². The third-order valence-electron chi connectivity index (χ3n) is 5.25. The predicted octanol–water partition coefficient (Wildman–Crippen LogP) is 4.89. The van der Waals surface area contributed by atoms with Gasteiger partial charge in [0.25, 0.3) is 0 Å². The Kier molecular flexibility index (Phi) is 7.07. The zero-order chi connectivity index (χ0) is 21.8. The van der Waals surface area contributed by atoms with Crippen LogP contribution < -0.4 is 5.32 Å². The average molecular weight is 478 g/mol. The molecule has 162 valence electrons. The monoisotopic (exact) mass is 477 g/mol. The Hall–Kier alpha value is -2.19. The molecule has 0 amide bonds. The van der Waals surface area contributed by atoms with Crippen LogP contribution in [0.15, 0.2) is 54.9 Å². The summed E-state index contributed by atoms with van der Waals surface area (Å²) >= 11 is 18.2. The van der Waals surface area contributed by atoms with Crippen LogP contribution in [0.1, 0.15) is 11.1 Å². The Morgan fingerprint density at radius 2 is 1.68 bits per heavy atom. The van der Waals surface area contributed by atoms with Gasteiger partial charge in [-0.05, 0) is 42.0 Å². The summed E-state index contributed by atoms with van der Waals surface area (Å²) in [7, 11) is 0. The lowest BCUT2D eigenvalue weighted by Crippen LogP contribution is -2.49. The smallest absolute Gasteiger partial charge is 0.173 e. The first-order chi connectivity index (χ1) is 15.0. The summed E-state index contributed by atoms with van der Waals surface area (Å²) in [5.74, 6) is -0.244. The van der Waals surface area contributed by atoms with Crippen LogP contribution in [0.25, 0.3) is 0 Å². The van der Waals surface area contributed by atoms with E-state index in [9.17, 15) is 4.39 Å². The molecule has 5 nitrogen and oxygen atoms in total. The Balaban J connectivity index is 1.27. The van der Waals surface area contributed by atoms with E-state index in [1.165, 1.54) is 12.1 Å². The lowest BCUT2D eigenvalue weighted by Gasteiger charge is -2.36. The quantitative estimate of drug-likeness (QED) is 0.529. The number of nitrogens with one attached hydrogen (secondary N) is 1. The lowest BCUT2D eigenvalue weighted by molar-refractivity contribution is 0.177. The molecule has 0 unspecified atom stereocenters. The number of benzene rings is 2. The molecule has 1 aromatic heterocycles. The molecule has 0 aliphatic carbocycles. The van der Waals surface area contributed by atoms with E-state index in [2.05, 4.69) is 20.2 Å². The van der Waals surface area contributed by atoms with Crippen molar-refractivity contribution in [2.45, 2.75) is 13.1 Å². The summed E-state index contributed by atoms with van der Waals surface area (Å²) in [5.41, 5.74) is 2.78. The van der Waals surface area contributed by atoms with Gasteiger partial charge in [-0.2, -0.15) is 5.10 Å². The summed E-state index contributed by atoms with van der Waals surface area (Å²) in [6.07, 6.45) is 3.64. The molecule has 1 saturated heterocycles. The average Bonchev–Trinajstić information content (AvgIpc) is 3.19. The van der Waals surface area contributed by atoms with Crippen molar-refractivity contribution < 1.29 is 4.39 Å². The predicted molar refractivity (Wildman–Crippen MR) is 127 cm³/mol. The molecule has 2 heterocycles. The third-order valence-corrected chi connectivity index (χ3v) is 6.31. The maximum absolute atomic E-state index is 13.1. The van der Waals surface area contributed by atoms with Crippen LogP contribution in [-0.4, -0.2) is 50.9 Å². The maximum atomic E-state index is 13.1. The SMILES string of the molecule is Fc1ccc(Cn2cc(NC(=S)N3CCN(Cc4c(Cl)cccc4Cl)CC3)cn2)cc1. The van der Waals surface area contributed by atoms with Gasteiger partial charge < -0.3 is 10.2 Å². The molecular formula is C22H22Cl2FN5S. The first kappa shape index (κ1) is 22.0. The van der Waals surface area contributed by atoms with E-state index in [4.69, 9.17) is 35.4 Å². The van der Waals surface area contributed by atoms with Crippen LogP contribution in [0.3, 0.4) is 0 Å². The molecule has 4 rings (SSSR count). The summed E-state index contributed by atoms with van der Waals surface area (Å²) in [6.45, 7) is 4.66. The van der Waals surface area contributed by atoms with Crippen molar-refractivity contribution in [3.8, 4) is 0 Å². The Morgan fingerprint density at radius 1 is 1.00 bits per heavy atom. The van der Waals surface area contributed by atoms with E-state index in [1.54, 1.807) is 23.0 Å². The first-order valence-electron chi connectivity index (χ1n) is 9.96. The van der Waals surface area contributed by atoms with Crippen LogP contribution in [0, 0.1) is 5.82 Å². The van der Waals surface area contributed by atoms with Gasteiger partial charge in [-0.25, -0.2) is 4.39 Å². The van der Waals surface area contributed by atoms with E-state index < -0.39 is 0 Å². The largest absolute Gasteiger partial charge is 0.346 e. The van der Waals surface area contributed by atoms with Gasteiger partial charge in [-0.3, -0.25) is 9.58 Å². The fourth-order valence-corrected chi connectivity index (χ4v) is 4.33. The first-order valence-corrected chi connectivity index (χ1v) is 11.1. The molecular weight excluding hydrogens is 456 g/mol. The number of nitrogens with zero attached hydrogens (tertiary/aromatic N) is 4. The van der Waals surface area contributed by atoms with Gasteiger partial charge in [0.1, 0.15) is 5.82 Å². The number of hydrogen-bond acceptors (Lipinski definition) is 3. The van der Waals surface area contributed by atoms with E-state index >= 15 is 0 Å². The van der Waals surface area contributed by atoms with Crippen LogP contribution in [0.2, 0.25) is 10.0 Å². The molecule has 0 bridgehead atoms. The number of rotatable bonds is 5. The van der Waals surface area contributed by atoms with Crippen molar-refractivity contribution in [3.63, 3.8) is 0 Å². The molecule has 1 aliphatic rings. The normalized spacial score (nSPS) is 14.6. The van der Waals surface area contributed by atoms with Crippen LogP contribution in [0.5, 0.6) is 0 Å². The number of piperazine rings is 1. The number of halogens is 3. The number of anilines is 1. The molecule has 2 aromatic carbocycles. The minimum Gasteiger partial charge on any atom is -0.346 e. The molecule has 31 heavy (non-hydrogen) atoms. The summed E-state index contributed by atoms with van der Waals surface area (Å²) in [5, 5.41) is 9.69. The fourth-order valence-electron chi connectivity index (χ4n) is 3.51. The van der Waals surface area contributed by atoms with E-state index in [1.807, 2.05) is 24.4 Å². The molecule has 9 heteroatoms. The zero-order valence-corrected chi connectivity index (χ0v) is 19.1. The van der Waals surface area contributed by atoms with Crippen molar-refractivity contribution in [2.24, 2.45) is 0 Å². The van der Waals surface area contributed by atoms with E-state index in [0.29, 0.717) is 21.7 Å². The Morgan fingerprint density at radius 3 is 2.35 bits per heavy atom. The van der Waals surface area contributed by atoms with Crippen LogP contribution >= 0.6 is 35.4 Å². The standard InChI is InChI=1S/C22H22Cl2FN5S/c23-20-2-1-3-21(24)19(20)15-28-8-10-29(11-9-28)22(31)27-18-12-26-30(14-18)13-16-4-6-17(25)7-5-16/h1-7,12,14H,8-11,13,15H2,(H,27,31). The topological polar surface area (TPSA) is 36.3 Å². The highest BCUT2D eigenvalue weighted by Crippen LogP contribution is 2.26. The summed E-state index contributed by atoms with van der Waals surface area (Å²) < 4.78 is 14.8. The lowest BCUT2D eigenvalue weighted by atomic mass is 10.2. The van der Waals surface area contributed by atoms with Crippen LogP contribution in [0.4, 0.5) is 10.1 Å². The molecule has 0 saturated carbocycles. The van der Waals surface area contributed by atoms with Gasteiger partial charge >= 0.3 is 0 Å². The summed E-state index contributed by atoms with van der Waals surface area (Å²) in [4.78, 5) is 4.48. The minimum atomic E-state index is -0.244. The highest BCUT2D eigenvalue weighted by Gasteiger charge is 2.20. The van der Waals surface area contributed by atoms with E-state index in [-0.39, 0.29) is 5.82 Å². The molecule has 1 N–H and O–H groups in total. The minimum absolute atomic E-state index is 0.244. The second kappa shape index (κ2) is 9.96. The van der Waals surface area contributed by atoms with Crippen molar-refractivity contribution in [1.29, 1.82) is 0 Å². The number of aromatic nitrogens is 2. The molecule has 3 aromatic rings. The van der Waals surface area contributed by atoms with Crippen molar-refractivity contribution in [3.05, 3.63) is 81.8 Å². The van der Waals surface area contributed by atoms with Gasteiger partial charge in [-0.15, -0.1) is 0 Å². The molecule has 0 radical (unpaired) electrons. The van der Waals surface area contributed by atoms with Crippen molar-refractivity contribution in [2.75, 3.05) is 31.5 Å².